The van der Waals surface area contributed by atoms with Gasteiger partial charge >= 0.3 is 0 Å². The molecule has 2 aromatic carbocycles. The molecule has 0 saturated heterocycles. The second-order valence-corrected chi connectivity index (χ2v) is 8.02. The van der Waals surface area contributed by atoms with Crippen LogP contribution in [-0.4, -0.2) is 21.9 Å². The lowest BCUT2D eigenvalue weighted by Gasteiger charge is -2.29. The number of rotatable bonds is 6. The Morgan fingerprint density at radius 2 is 1.38 bits per heavy atom. The number of hydrogen-bond acceptors (Lipinski definition) is 2. The summed E-state index contributed by atoms with van der Waals surface area (Å²) < 4.78 is 0. The van der Waals surface area contributed by atoms with E-state index in [0.29, 0.717) is 11.8 Å². The first kappa shape index (κ1) is 14.7. The van der Waals surface area contributed by atoms with E-state index in [2.05, 4.69) is 60.7 Å². The van der Waals surface area contributed by atoms with Crippen LogP contribution < -0.4 is 0 Å². The zero-order chi connectivity index (χ0) is 16.4. The summed E-state index contributed by atoms with van der Waals surface area (Å²) in [6, 6.07) is 21.2. The molecule has 3 fully saturated rings. The second kappa shape index (κ2) is 4.93. The molecule has 0 amide bonds. The lowest BCUT2D eigenvalue weighted by Crippen LogP contribution is -2.34. The van der Waals surface area contributed by atoms with Crippen LogP contribution in [0.2, 0.25) is 0 Å². The third-order valence-electron chi connectivity index (χ3n) is 7.09. The number of aliphatic hydroxyl groups excluding tert-OH is 1. The van der Waals surface area contributed by atoms with Crippen molar-refractivity contribution in [2.24, 2.45) is 23.2 Å². The average Bonchev–Trinajstić information content (AvgIpc) is 3.38. The summed E-state index contributed by atoms with van der Waals surface area (Å²) in [5, 5.41) is 20.8. The zero-order valence-corrected chi connectivity index (χ0v) is 13.8. The monoisotopic (exact) mass is 320 g/mol. The maximum atomic E-state index is 10.6. The Hall–Kier alpha value is -1.64. The van der Waals surface area contributed by atoms with Gasteiger partial charge in [0, 0.05) is 11.8 Å². The quantitative estimate of drug-likeness (QED) is 0.858. The standard InChI is InChI=1S/C22H24O2/c23-20-19-21(14-13-16-9-5-2-6-10-16)17(18(21)22(19,20)24)12-11-15-7-3-1-4-8-15/h1-10,17-20,23-24H,11-14H2/t17-,18?,19?,20?,21?,22?/m1/s1. The van der Waals surface area contributed by atoms with Gasteiger partial charge in [-0.1, -0.05) is 60.7 Å². The highest BCUT2D eigenvalue weighted by Gasteiger charge is 2.98. The molecule has 3 aliphatic rings. The molecule has 2 aromatic rings. The molecule has 24 heavy (non-hydrogen) atoms. The normalized spacial score (nSPS) is 41.1. The van der Waals surface area contributed by atoms with Crippen LogP contribution in [0.25, 0.3) is 0 Å². The highest BCUT2D eigenvalue weighted by atomic mass is 16.4. The van der Waals surface area contributed by atoms with Crippen molar-refractivity contribution < 1.29 is 10.2 Å². The highest BCUT2D eigenvalue weighted by molar-refractivity contribution is 5.46. The molecule has 3 aliphatic carbocycles. The van der Waals surface area contributed by atoms with Crippen molar-refractivity contribution in [1.82, 2.24) is 0 Å². The Kier molecular flexibility index (Phi) is 3.02. The van der Waals surface area contributed by atoms with E-state index >= 15 is 0 Å². The molecule has 124 valence electrons. The molecule has 2 N–H and O–H groups in total. The van der Waals surface area contributed by atoms with Crippen molar-refractivity contribution >= 4 is 0 Å². The van der Waals surface area contributed by atoms with Gasteiger partial charge < -0.3 is 10.2 Å². The maximum Gasteiger partial charge on any atom is 0.100 e. The zero-order valence-electron chi connectivity index (χ0n) is 13.8. The van der Waals surface area contributed by atoms with Crippen molar-refractivity contribution in [2.75, 3.05) is 0 Å². The summed E-state index contributed by atoms with van der Waals surface area (Å²) in [6.45, 7) is 0. The van der Waals surface area contributed by atoms with Crippen LogP contribution in [-0.2, 0) is 12.8 Å². The fourth-order valence-electron chi connectivity index (χ4n) is 6.00. The summed E-state index contributed by atoms with van der Waals surface area (Å²) >= 11 is 0. The molecule has 5 rings (SSSR count). The van der Waals surface area contributed by atoms with Gasteiger partial charge in [0.25, 0.3) is 0 Å². The van der Waals surface area contributed by atoms with Gasteiger partial charge in [0.2, 0.25) is 0 Å². The third kappa shape index (κ3) is 1.79. The van der Waals surface area contributed by atoms with Gasteiger partial charge in [0.1, 0.15) is 5.60 Å². The minimum absolute atomic E-state index is 0.138. The largest absolute Gasteiger partial charge is 0.390 e. The second-order valence-electron chi connectivity index (χ2n) is 8.02. The molecular formula is C22H24O2. The molecule has 0 aromatic heterocycles. The van der Waals surface area contributed by atoms with Crippen LogP contribution in [0.4, 0.5) is 0 Å². The summed E-state index contributed by atoms with van der Waals surface area (Å²) in [4.78, 5) is 0. The number of fused-ring (bicyclic) bond motifs is 4. The predicted octanol–water partition coefficient (Wildman–Crippen LogP) is 3.22. The van der Waals surface area contributed by atoms with Crippen molar-refractivity contribution in [2.45, 2.75) is 37.4 Å². The maximum absolute atomic E-state index is 10.6. The van der Waals surface area contributed by atoms with E-state index in [9.17, 15) is 10.2 Å². The van der Waals surface area contributed by atoms with E-state index in [1.165, 1.54) is 11.1 Å². The Labute approximate surface area is 143 Å². The lowest BCUT2D eigenvalue weighted by molar-refractivity contribution is 0.00210. The van der Waals surface area contributed by atoms with E-state index in [-0.39, 0.29) is 11.3 Å². The number of hydrogen-bond donors (Lipinski definition) is 2. The Morgan fingerprint density at radius 1 is 0.792 bits per heavy atom. The predicted molar refractivity (Wildman–Crippen MR) is 93.4 cm³/mol. The Balaban J connectivity index is 1.28. The van der Waals surface area contributed by atoms with Crippen LogP contribution in [0.5, 0.6) is 0 Å². The van der Waals surface area contributed by atoms with E-state index in [1.54, 1.807) is 0 Å². The van der Waals surface area contributed by atoms with Gasteiger partial charge in [0.15, 0.2) is 0 Å². The minimum Gasteiger partial charge on any atom is -0.390 e. The van der Waals surface area contributed by atoms with E-state index < -0.39 is 11.7 Å². The summed E-state index contributed by atoms with van der Waals surface area (Å²) in [7, 11) is 0. The van der Waals surface area contributed by atoms with Crippen LogP contribution in [0.3, 0.4) is 0 Å². The number of benzene rings is 2. The number of aliphatic hydroxyl groups is 2. The SMILES string of the molecule is OC1C2C1(O)C1[C@@H](CCc3ccccc3)C21CCc1ccccc1. The molecule has 2 heteroatoms. The van der Waals surface area contributed by atoms with Crippen molar-refractivity contribution in [3.63, 3.8) is 0 Å². The summed E-state index contributed by atoms with van der Waals surface area (Å²) in [5.41, 5.74) is 2.21. The molecule has 6 atom stereocenters. The van der Waals surface area contributed by atoms with E-state index in [0.717, 1.165) is 25.7 Å². The first-order valence-corrected chi connectivity index (χ1v) is 9.17. The van der Waals surface area contributed by atoms with Gasteiger partial charge in [-0.15, -0.1) is 0 Å². The van der Waals surface area contributed by atoms with Gasteiger partial charge in [-0.2, -0.15) is 0 Å². The summed E-state index contributed by atoms with van der Waals surface area (Å²) in [5.74, 6) is 1.05. The topological polar surface area (TPSA) is 40.5 Å². The molecule has 0 aliphatic heterocycles. The number of aryl methyl sites for hydroxylation is 2. The van der Waals surface area contributed by atoms with E-state index in [1.807, 2.05) is 0 Å². The van der Waals surface area contributed by atoms with Gasteiger partial charge in [0.05, 0.1) is 6.10 Å². The molecule has 0 radical (unpaired) electrons. The molecule has 0 heterocycles. The van der Waals surface area contributed by atoms with Gasteiger partial charge in [-0.25, -0.2) is 0 Å². The lowest BCUT2D eigenvalue weighted by atomic mass is 9.77. The molecule has 5 unspecified atom stereocenters. The van der Waals surface area contributed by atoms with Crippen molar-refractivity contribution in [3.8, 4) is 0 Å². The fourth-order valence-corrected chi connectivity index (χ4v) is 6.00. The van der Waals surface area contributed by atoms with Gasteiger partial charge in [-0.05, 0) is 48.1 Å². The molecule has 0 spiro atoms. The molecular weight excluding hydrogens is 296 g/mol. The fraction of sp³-hybridized carbons (Fsp3) is 0.455. The smallest absolute Gasteiger partial charge is 0.100 e. The molecule has 2 nitrogen and oxygen atoms in total. The van der Waals surface area contributed by atoms with Gasteiger partial charge in [-0.3, -0.25) is 0 Å². The van der Waals surface area contributed by atoms with Crippen molar-refractivity contribution in [3.05, 3.63) is 71.8 Å². The first-order valence-electron chi connectivity index (χ1n) is 9.17. The van der Waals surface area contributed by atoms with Crippen LogP contribution >= 0.6 is 0 Å². The first-order chi connectivity index (χ1) is 11.7. The van der Waals surface area contributed by atoms with Crippen LogP contribution in [0.1, 0.15) is 24.0 Å². The van der Waals surface area contributed by atoms with Crippen molar-refractivity contribution in [1.29, 1.82) is 0 Å². The van der Waals surface area contributed by atoms with Crippen LogP contribution in [0.15, 0.2) is 60.7 Å². The molecule has 3 saturated carbocycles. The van der Waals surface area contributed by atoms with Crippen LogP contribution in [0, 0.1) is 23.2 Å². The molecule has 0 bridgehead atoms. The average molecular weight is 320 g/mol. The third-order valence-corrected chi connectivity index (χ3v) is 7.09. The van der Waals surface area contributed by atoms with E-state index in [4.69, 9.17) is 0 Å². The Morgan fingerprint density at radius 3 is 2.00 bits per heavy atom. The minimum atomic E-state index is -0.738. The summed E-state index contributed by atoms with van der Waals surface area (Å²) in [6.07, 6.45) is 3.90. The Bertz CT molecular complexity index is 743. The highest BCUT2D eigenvalue weighted by Crippen LogP contribution is 2.91.